The van der Waals surface area contributed by atoms with Gasteiger partial charge in [-0.05, 0) is 25.7 Å². The van der Waals surface area contributed by atoms with E-state index in [0.29, 0.717) is 5.92 Å². The highest BCUT2D eigenvalue weighted by Crippen LogP contribution is 2.26. The predicted molar refractivity (Wildman–Crippen MR) is 59.0 cm³/mol. The molecule has 1 aromatic rings. The molecule has 5 heteroatoms. The van der Waals surface area contributed by atoms with E-state index in [2.05, 4.69) is 10.1 Å². The summed E-state index contributed by atoms with van der Waals surface area (Å²) in [5.41, 5.74) is 6.02. The summed E-state index contributed by atoms with van der Waals surface area (Å²) in [6.07, 6.45) is 5.42. The van der Waals surface area contributed by atoms with Crippen LogP contribution in [-0.2, 0) is 11.2 Å². The van der Waals surface area contributed by atoms with Crippen molar-refractivity contribution in [2.75, 3.05) is 13.2 Å². The standard InChI is InChI=1S/C11H18N4O/c12-9-4-1-5-10-13-11(14-15(9)10)8-3-2-6-16-7-8/h8-9H,1-7,12H2. The maximum atomic E-state index is 6.02. The Morgan fingerprint density at radius 2 is 2.25 bits per heavy atom. The molecule has 88 valence electrons. The van der Waals surface area contributed by atoms with Gasteiger partial charge in [-0.1, -0.05) is 0 Å². The third-order valence-corrected chi connectivity index (χ3v) is 3.46. The lowest BCUT2D eigenvalue weighted by atomic mass is 10.0. The van der Waals surface area contributed by atoms with E-state index in [0.717, 1.165) is 57.0 Å². The van der Waals surface area contributed by atoms with Crippen LogP contribution >= 0.6 is 0 Å². The number of nitrogens with zero attached hydrogens (tertiary/aromatic N) is 3. The second-order valence-corrected chi connectivity index (χ2v) is 4.70. The lowest BCUT2D eigenvalue weighted by molar-refractivity contribution is 0.0779. The molecule has 1 aromatic heterocycles. The molecule has 3 heterocycles. The molecule has 2 aliphatic heterocycles. The maximum Gasteiger partial charge on any atom is 0.156 e. The molecule has 0 radical (unpaired) electrons. The summed E-state index contributed by atoms with van der Waals surface area (Å²) in [5.74, 6) is 2.37. The van der Waals surface area contributed by atoms with Crippen molar-refractivity contribution in [3.63, 3.8) is 0 Å². The highest BCUT2D eigenvalue weighted by atomic mass is 16.5. The summed E-state index contributed by atoms with van der Waals surface area (Å²) in [4.78, 5) is 4.62. The largest absolute Gasteiger partial charge is 0.381 e. The summed E-state index contributed by atoms with van der Waals surface area (Å²) in [6.45, 7) is 1.64. The number of rotatable bonds is 1. The minimum Gasteiger partial charge on any atom is -0.381 e. The van der Waals surface area contributed by atoms with Gasteiger partial charge in [0.05, 0.1) is 6.61 Å². The number of nitrogens with two attached hydrogens (primary N) is 1. The zero-order valence-electron chi connectivity index (χ0n) is 9.43. The number of ether oxygens (including phenoxy) is 1. The summed E-state index contributed by atoms with van der Waals surface area (Å²) >= 11 is 0. The van der Waals surface area contributed by atoms with Gasteiger partial charge in [0.15, 0.2) is 5.82 Å². The van der Waals surface area contributed by atoms with Gasteiger partial charge in [-0.2, -0.15) is 5.10 Å². The molecular weight excluding hydrogens is 204 g/mol. The van der Waals surface area contributed by atoms with Crippen molar-refractivity contribution in [2.45, 2.75) is 44.2 Å². The lowest BCUT2D eigenvalue weighted by Gasteiger charge is -2.19. The summed E-state index contributed by atoms with van der Waals surface area (Å²) < 4.78 is 7.39. The van der Waals surface area contributed by atoms with Crippen LogP contribution in [0.3, 0.4) is 0 Å². The molecule has 0 aromatic carbocycles. The van der Waals surface area contributed by atoms with Crippen molar-refractivity contribution in [2.24, 2.45) is 5.73 Å². The van der Waals surface area contributed by atoms with Crippen LogP contribution in [0.4, 0.5) is 0 Å². The molecule has 1 saturated heterocycles. The maximum absolute atomic E-state index is 6.02. The van der Waals surface area contributed by atoms with Crippen molar-refractivity contribution in [3.05, 3.63) is 11.6 Å². The normalized spacial score (nSPS) is 30.1. The second kappa shape index (κ2) is 4.14. The predicted octanol–water partition coefficient (Wildman–Crippen LogP) is 0.966. The first-order valence-electron chi connectivity index (χ1n) is 6.13. The van der Waals surface area contributed by atoms with Crippen molar-refractivity contribution in [1.29, 1.82) is 0 Å². The molecule has 2 N–H and O–H groups in total. The van der Waals surface area contributed by atoms with Crippen LogP contribution in [0.25, 0.3) is 0 Å². The van der Waals surface area contributed by atoms with Crippen LogP contribution in [0.5, 0.6) is 0 Å². The van der Waals surface area contributed by atoms with Gasteiger partial charge < -0.3 is 10.5 Å². The third kappa shape index (κ3) is 1.74. The van der Waals surface area contributed by atoms with E-state index < -0.39 is 0 Å². The van der Waals surface area contributed by atoms with E-state index in [1.165, 1.54) is 0 Å². The van der Waals surface area contributed by atoms with Crippen molar-refractivity contribution < 1.29 is 4.74 Å². The first-order valence-corrected chi connectivity index (χ1v) is 6.13. The molecule has 1 fully saturated rings. The first kappa shape index (κ1) is 10.2. The van der Waals surface area contributed by atoms with Crippen LogP contribution in [0.15, 0.2) is 0 Å². The van der Waals surface area contributed by atoms with Crippen molar-refractivity contribution >= 4 is 0 Å². The smallest absolute Gasteiger partial charge is 0.156 e. The Bertz CT molecular complexity index is 370. The van der Waals surface area contributed by atoms with Crippen LogP contribution in [0.2, 0.25) is 0 Å². The third-order valence-electron chi connectivity index (χ3n) is 3.46. The molecule has 5 nitrogen and oxygen atoms in total. The summed E-state index contributed by atoms with van der Waals surface area (Å²) in [7, 11) is 0. The highest BCUT2D eigenvalue weighted by Gasteiger charge is 2.25. The van der Waals surface area contributed by atoms with E-state index in [1.807, 2.05) is 4.68 Å². The minimum absolute atomic E-state index is 0.0227. The minimum atomic E-state index is 0.0227. The van der Waals surface area contributed by atoms with Gasteiger partial charge in [-0.15, -0.1) is 0 Å². The molecule has 16 heavy (non-hydrogen) atoms. The Kier molecular flexibility index (Phi) is 2.65. The fourth-order valence-corrected chi connectivity index (χ4v) is 2.52. The Balaban J connectivity index is 1.85. The molecule has 0 amide bonds. The Hall–Kier alpha value is -0.940. The molecule has 0 bridgehead atoms. The van der Waals surface area contributed by atoms with Gasteiger partial charge in [0, 0.05) is 18.9 Å². The topological polar surface area (TPSA) is 66.0 Å². The van der Waals surface area contributed by atoms with Gasteiger partial charge in [0.25, 0.3) is 0 Å². The van der Waals surface area contributed by atoms with E-state index in [-0.39, 0.29) is 6.17 Å². The monoisotopic (exact) mass is 222 g/mol. The van der Waals surface area contributed by atoms with Crippen LogP contribution < -0.4 is 5.73 Å². The average molecular weight is 222 g/mol. The van der Waals surface area contributed by atoms with E-state index in [4.69, 9.17) is 10.5 Å². The average Bonchev–Trinajstić information content (AvgIpc) is 2.76. The SMILES string of the molecule is NC1CCCc2nc(C3CCCOC3)nn21. The van der Waals surface area contributed by atoms with Crippen molar-refractivity contribution in [1.82, 2.24) is 14.8 Å². The van der Waals surface area contributed by atoms with E-state index in [9.17, 15) is 0 Å². The molecule has 2 unspecified atom stereocenters. The van der Waals surface area contributed by atoms with Gasteiger partial charge in [0.1, 0.15) is 12.0 Å². The van der Waals surface area contributed by atoms with Gasteiger partial charge in [-0.3, -0.25) is 0 Å². The molecule has 2 aliphatic rings. The van der Waals surface area contributed by atoms with Crippen molar-refractivity contribution in [3.8, 4) is 0 Å². The second-order valence-electron chi connectivity index (χ2n) is 4.70. The number of hydrogen-bond donors (Lipinski definition) is 1. The van der Waals surface area contributed by atoms with Gasteiger partial charge in [0.2, 0.25) is 0 Å². The number of fused-ring (bicyclic) bond motifs is 1. The van der Waals surface area contributed by atoms with E-state index >= 15 is 0 Å². The molecule has 0 aliphatic carbocycles. The zero-order chi connectivity index (χ0) is 11.0. The Morgan fingerprint density at radius 1 is 1.31 bits per heavy atom. The number of aromatic nitrogens is 3. The van der Waals surface area contributed by atoms with Crippen LogP contribution in [0, 0.1) is 0 Å². The quantitative estimate of drug-likeness (QED) is 0.768. The molecule has 2 atom stereocenters. The summed E-state index contributed by atoms with van der Waals surface area (Å²) in [5, 5.41) is 4.56. The summed E-state index contributed by atoms with van der Waals surface area (Å²) in [6, 6.07) is 0. The molecule has 3 rings (SSSR count). The van der Waals surface area contributed by atoms with E-state index in [1.54, 1.807) is 0 Å². The van der Waals surface area contributed by atoms with Crippen LogP contribution in [-0.4, -0.2) is 28.0 Å². The number of aryl methyl sites for hydroxylation is 1. The fraction of sp³-hybridized carbons (Fsp3) is 0.818. The van der Waals surface area contributed by atoms with Crippen LogP contribution in [0.1, 0.15) is 49.4 Å². The van der Waals surface area contributed by atoms with Gasteiger partial charge >= 0.3 is 0 Å². The highest BCUT2D eigenvalue weighted by molar-refractivity contribution is 5.03. The zero-order valence-corrected chi connectivity index (χ0v) is 9.43. The lowest BCUT2D eigenvalue weighted by Crippen LogP contribution is -2.26. The first-order chi connectivity index (χ1) is 7.84. The molecule has 0 saturated carbocycles. The molecular formula is C11H18N4O. The Labute approximate surface area is 95.0 Å². The molecule has 0 spiro atoms. The number of hydrogen-bond acceptors (Lipinski definition) is 4. The fourth-order valence-electron chi connectivity index (χ4n) is 2.52. The van der Waals surface area contributed by atoms with Gasteiger partial charge in [-0.25, -0.2) is 9.67 Å². The Morgan fingerprint density at radius 3 is 3.00 bits per heavy atom.